The number of hydroxylamine groups is 1. The SMILES string of the molecule is NC(=O)N(O)c1ccccc1-c1cc(-c2ccc(Cl)cc2)n(-c2ccc(S(N)(=O)=O)cc2)n1. The molecule has 9 nitrogen and oxygen atoms in total. The summed E-state index contributed by atoms with van der Waals surface area (Å²) in [6.07, 6.45) is 0. The van der Waals surface area contributed by atoms with Crippen LogP contribution in [0.5, 0.6) is 0 Å². The van der Waals surface area contributed by atoms with E-state index in [-0.39, 0.29) is 10.6 Å². The van der Waals surface area contributed by atoms with Crippen molar-refractivity contribution in [3.63, 3.8) is 0 Å². The predicted molar refractivity (Wildman–Crippen MR) is 125 cm³/mol. The van der Waals surface area contributed by atoms with E-state index >= 15 is 0 Å². The van der Waals surface area contributed by atoms with E-state index in [0.29, 0.717) is 32.7 Å². The lowest BCUT2D eigenvalue weighted by atomic mass is 10.1. The van der Waals surface area contributed by atoms with Crippen LogP contribution in [0.25, 0.3) is 28.2 Å². The highest BCUT2D eigenvalue weighted by Gasteiger charge is 2.20. The van der Waals surface area contributed by atoms with Crippen molar-refractivity contribution < 1.29 is 18.4 Å². The number of carbonyl (C=O) groups excluding carboxylic acids is 1. The smallest absolute Gasteiger partial charge is 0.343 e. The van der Waals surface area contributed by atoms with Crippen molar-refractivity contribution in [1.29, 1.82) is 0 Å². The number of nitrogens with two attached hydrogens (primary N) is 2. The number of amides is 2. The number of nitrogens with zero attached hydrogens (tertiary/aromatic N) is 3. The van der Waals surface area contributed by atoms with Gasteiger partial charge in [-0.3, -0.25) is 5.21 Å². The maximum Gasteiger partial charge on any atom is 0.343 e. The number of benzene rings is 3. The first kappa shape index (κ1) is 22.5. The molecule has 0 atom stereocenters. The first-order valence-corrected chi connectivity index (χ1v) is 11.4. The number of carbonyl (C=O) groups is 1. The minimum atomic E-state index is -3.85. The van der Waals surface area contributed by atoms with Gasteiger partial charge in [0.1, 0.15) is 0 Å². The number of primary amides is 1. The third kappa shape index (κ3) is 4.59. The maximum absolute atomic E-state index is 11.6. The first-order valence-electron chi connectivity index (χ1n) is 9.52. The summed E-state index contributed by atoms with van der Waals surface area (Å²) in [6, 6.07) is 20.3. The molecule has 0 aliphatic heterocycles. The summed E-state index contributed by atoms with van der Waals surface area (Å²) in [5.74, 6) is 0. The molecule has 0 saturated heterocycles. The molecule has 3 aromatic carbocycles. The molecule has 4 aromatic rings. The van der Waals surface area contributed by atoms with Gasteiger partial charge in [-0.05, 0) is 48.5 Å². The number of para-hydroxylation sites is 1. The average molecular weight is 484 g/mol. The van der Waals surface area contributed by atoms with Gasteiger partial charge in [-0.1, -0.05) is 41.9 Å². The number of halogens is 1. The molecule has 0 bridgehead atoms. The monoisotopic (exact) mass is 483 g/mol. The molecule has 0 unspecified atom stereocenters. The second kappa shape index (κ2) is 8.68. The first-order chi connectivity index (χ1) is 15.6. The third-order valence-electron chi connectivity index (χ3n) is 4.88. The Hall–Kier alpha value is -3.70. The van der Waals surface area contributed by atoms with Crippen molar-refractivity contribution in [2.24, 2.45) is 10.9 Å². The number of anilines is 1. The maximum atomic E-state index is 11.6. The zero-order chi connectivity index (χ0) is 23.8. The molecule has 0 fully saturated rings. The van der Waals surface area contributed by atoms with Gasteiger partial charge in [0, 0.05) is 16.1 Å². The summed E-state index contributed by atoms with van der Waals surface area (Å²) in [7, 11) is -3.85. The molecule has 1 heterocycles. The molecule has 168 valence electrons. The van der Waals surface area contributed by atoms with Gasteiger partial charge in [0.15, 0.2) is 0 Å². The van der Waals surface area contributed by atoms with Crippen LogP contribution in [0, 0.1) is 0 Å². The number of aromatic nitrogens is 2. The molecule has 4 rings (SSSR count). The van der Waals surface area contributed by atoms with Crippen LogP contribution >= 0.6 is 11.6 Å². The summed E-state index contributed by atoms with van der Waals surface area (Å²) < 4.78 is 24.9. The predicted octanol–water partition coefficient (Wildman–Crippen LogP) is 3.78. The Balaban J connectivity index is 1.91. The highest BCUT2D eigenvalue weighted by atomic mass is 35.5. The van der Waals surface area contributed by atoms with Crippen LogP contribution in [0.3, 0.4) is 0 Å². The molecule has 33 heavy (non-hydrogen) atoms. The van der Waals surface area contributed by atoms with Crippen LogP contribution in [0.2, 0.25) is 5.02 Å². The molecule has 0 saturated carbocycles. The Kier molecular flexibility index (Phi) is 5.91. The fourth-order valence-corrected chi connectivity index (χ4v) is 3.95. The number of rotatable bonds is 5. The van der Waals surface area contributed by atoms with Crippen molar-refractivity contribution in [2.75, 3.05) is 5.06 Å². The fourth-order valence-electron chi connectivity index (χ4n) is 3.31. The lowest BCUT2D eigenvalue weighted by Gasteiger charge is -2.15. The summed E-state index contributed by atoms with van der Waals surface area (Å²) >= 11 is 6.03. The summed E-state index contributed by atoms with van der Waals surface area (Å²) in [6.45, 7) is 0. The second-order valence-corrected chi connectivity index (χ2v) is 9.04. The van der Waals surface area contributed by atoms with Gasteiger partial charge in [-0.2, -0.15) is 10.2 Å². The van der Waals surface area contributed by atoms with Gasteiger partial charge in [-0.15, -0.1) is 0 Å². The van der Waals surface area contributed by atoms with Crippen molar-refractivity contribution in [3.05, 3.63) is 83.9 Å². The quantitative estimate of drug-likeness (QED) is 0.292. The van der Waals surface area contributed by atoms with Crippen LogP contribution in [0.15, 0.2) is 83.8 Å². The van der Waals surface area contributed by atoms with Gasteiger partial charge in [0.2, 0.25) is 10.0 Å². The fraction of sp³-hybridized carbons (Fsp3) is 0. The second-order valence-electron chi connectivity index (χ2n) is 7.04. The molecule has 0 spiro atoms. The minimum absolute atomic E-state index is 0.0330. The van der Waals surface area contributed by atoms with Gasteiger partial charge in [-0.25, -0.2) is 23.0 Å². The molecular formula is C22H18ClN5O4S. The molecule has 5 N–H and O–H groups in total. The number of hydrogen-bond donors (Lipinski definition) is 3. The van der Waals surface area contributed by atoms with Gasteiger partial charge >= 0.3 is 6.03 Å². The van der Waals surface area contributed by atoms with Crippen molar-refractivity contribution >= 4 is 33.3 Å². The van der Waals surface area contributed by atoms with Gasteiger partial charge < -0.3 is 5.73 Å². The number of urea groups is 1. The summed E-state index contributed by atoms with van der Waals surface area (Å²) in [5.41, 5.74) is 8.28. The van der Waals surface area contributed by atoms with Crippen LogP contribution < -0.4 is 15.9 Å². The number of primary sulfonamides is 1. The summed E-state index contributed by atoms with van der Waals surface area (Å²) in [4.78, 5) is 11.5. The molecule has 0 aliphatic rings. The molecule has 1 aromatic heterocycles. The normalized spacial score (nSPS) is 11.4. The Morgan fingerprint density at radius 2 is 1.64 bits per heavy atom. The zero-order valence-corrected chi connectivity index (χ0v) is 18.5. The van der Waals surface area contributed by atoms with E-state index < -0.39 is 16.1 Å². The largest absolute Gasteiger partial charge is 0.349 e. The zero-order valence-electron chi connectivity index (χ0n) is 17.0. The number of sulfonamides is 1. The Morgan fingerprint density at radius 1 is 1.00 bits per heavy atom. The lowest BCUT2D eigenvalue weighted by Crippen LogP contribution is -2.32. The van der Waals surface area contributed by atoms with E-state index in [9.17, 15) is 18.4 Å². The highest BCUT2D eigenvalue weighted by molar-refractivity contribution is 7.89. The van der Waals surface area contributed by atoms with E-state index in [1.54, 1.807) is 53.2 Å². The van der Waals surface area contributed by atoms with Crippen molar-refractivity contribution in [1.82, 2.24) is 9.78 Å². The van der Waals surface area contributed by atoms with Crippen molar-refractivity contribution in [2.45, 2.75) is 4.90 Å². The average Bonchev–Trinajstić information content (AvgIpc) is 3.24. The molecule has 0 aliphatic carbocycles. The highest BCUT2D eigenvalue weighted by Crippen LogP contribution is 2.34. The minimum Gasteiger partial charge on any atom is -0.349 e. The van der Waals surface area contributed by atoms with Crippen LogP contribution in [-0.4, -0.2) is 29.4 Å². The summed E-state index contributed by atoms with van der Waals surface area (Å²) in [5, 5.41) is 20.9. The molecule has 2 amide bonds. The van der Waals surface area contributed by atoms with Crippen LogP contribution in [0.4, 0.5) is 10.5 Å². The van der Waals surface area contributed by atoms with E-state index in [1.165, 1.54) is 18.2 Å². The van der Waals surface area contributed by atoms with Crippen LogP contribution in [-0.2, 0) is 10.0 Å². The van der Waals surface area contributed by atoms with Crippen LogP contribution in [0.1, 0.15) is 0 Å². The standard InChI is InChI=1S/C22H18ClN5O4S/c23-15-7-5-14(6-8-15)21-13-19(18-3-1-2-4-20(18)28(30)22(24)29)26-27(21)16-9-11-17(12-10-16)33(25,31)32/h1-13,30H,(H2,24,29)(H2,25,31,32). The molecular weight excluding hydrogens is 466 g/mol. The third-order valence-corrected chi connectivity index (χ3v) is 6.06. The Bertz CT molecular complexity index is 1430. The molecule has 11 heteroatoms. The number of hydrogen-bond acceptors (Lipinski definition) is 5. The van der Waals surface area contributed by atoms with Gasteiger partial charge in [0.05, 0.1) is 27.7 Å². The van der Waals surface area contributed by atoms with E-state index in [0.717, 1.165) is 5.56 Å². The van der Waals surface area contributed by atoms with E-state index in [4.69, 9.17) is 22.5 Å². The van der Waals surface area contributed by atoms with E-state index in [2.05, 4.69) is 5.10 Å². The van der Waals surface area contributed by atoms with Gasteiger partial charge in [0.25, 0.3) is 0 Å². The van der Waals surface area contributed by atoms with E-state index in [1.807, 2.05) is 12.1 Å². The lowest BCUT2D eigenvalue weighted by molar-refractivity contribution is 0.212. The molecule has 0 radical (unpaired) electrons. The Morgan fingerprint density at radius 3 is 2.24 bits per heavy atom. The van der Waals surface area contributed by atoms with Crippen molar-refractivity contribution in [3.8, 4) is 28.2 Å². The topological polar surface area (TPSA) is 145 Å². The Labute approximate surface area is 194 Å².